The molecule has 0 aliphatic rings. The first-order valence-electron chi connectivity index (χ1n) is 5.38. The fraction of sp³-hybridized carbons (Fsp3) is 0.700. The number of nitrogens with zero attached hydrogens (tertiary/aromatic N) is 3. The Kier molecular flexibility index (Phi) is 6.23. The average molecular weight is 279 g/mol. The molecule has 1 heterocycles. The number of β-amino-alcohol motifs (C(OH)–C–C–N with tert-alkyl or cyclic N) is 1. The van der Waals surface area contributed by atoms with Gasteiger partial charge in [0.25, 0.3) is 0 Å². The second kappa shape index (κ2) is 6.67. The van der Waals surface area contributed by atoms with Gasteiger partial charge in [-0.15, -0.1) is 12.4 Å². The highest BCUT2D eigenvalue weighted by Gasteiger charge is 2.18. The van der Waals surface area contributed by atoms with Crippen molar-refractivity contribution in [1.82, 2.24) is 14.9 Å². The van der Waals surface area contributed by atoms with Crippen LogP contribution in [0.5, 0.6) is 0 Å². The van der Waals surface area contributed by atoms with E-state index in [2.05, 4.69) is 10.3 Å². The molecule has 7 nitrogen and oxygen atoms in total. The normalized spacial score (nSPS) is 12.9. The predicted molar refractivity (Wildman–Crippen MR) is 69.9 cm³/mol. The minimum atomic E-state index is -0.692. The maximum Gasteiger partial charge on any atom is 0.434 e. The zero-order valence-corrected chi connectivity index (χ0v) is 11.5. The molecule has 0 amide bonds. The van der Waals surface area contributed by atoms with Gasteiger partial charge in [-0.2, -0.15) is 0 Å². The number of hydrogen-bond donors (Lipinski definition) is 2. The number of rotatable bonds is 5. The summed E-state index contributed by atoms with van der Waals surface area (Å²) in [4.78, 5) is 13.7. The van der Waals surface area contributed by atoms with Crippen molar-refractivity contribution in [3.63, 3.8) is 0 Å². The molecule has 1 aromatic heterocycles. The zero-order chi connectivity index (χ0) is 13.1. The monoisotopic (exact) mass is 278 g/mol. The van der Waals surface area contributed by atoms with E-state index in [9.17, 15) is 15.2 Å². The zero-order valence-electron chi connectivity index (χ0n) is 10.7. The fourth-order valence-electron chi connectivity index (χ4n) is 1.33. The van der Waals surface area contributed by atoms with Gasteiger partial charge in [-0.1, -0.05) is 4.98 Å². The molecule has 0 spiro atoms. The molecule has 0 saturated carbocycles. The van der Waals surface area contributed by atoms with E-state index in [0.717, 1.165) is 0 Å². The van der Waals surface area contributed by atoms with Crippen molar-refractivity contribution in [2.24, 2.45) is 0 Å². The van der Waals surface area contributed by atoms with Crippen LogP contribution in [0.2, 0.25) is 0 Å². The van der Waals surface area contributed by atoms with Crippen molar-refractivity contribution in [3.8, 4) is 0 Å². The van der Waals surface area contributed by atoms with Gasteiger partial charge in [0.2, 0.25) is 0 Å². The van der Waals surface area contributed by atoms with E-state index in [-0.39, 0.29) is 30.4 Å². The molecule has 0 radical (unpaired) electrons. The highest BCUT2D eigenvalue weighted by molar-refractivity contribution is 5.85. The van der Waals surface area contributed by atoms with Gasteiger partial charge >= 0.3 is 5.95 Å². The van der Waals surface area contributed by atoms with E-state index in [4.69, 9.17) is 0 Å². The summed E-state index contributed by atoms with van der Waals surface area (Å²) in [7, 11) is 0. The Morgan fingerprint density at radius 2 is 2.22 bits per heavy atom. The summed E-state index contributed by atoms with van der Waals surface area (Å²) in [5, 5.41) is 23.5. The summed E-state index contributed by atoms with van der Waals surface area (Å²) >= 11 is 0. The highest BCUT2D eigenvalue weighted by Crippen LogP contribution is 2.08. The van der Waals surface area contributed by atoms with Gasteiger partial charge in [-0.3, -0.25) is 0 Å². The minimum Gasteiger partial charge on any atom is -0.390 e. The van der Waals surface area contributed by atoms with Gasteiger partial charge in [-0.25, -0.2) is 4.57 Å². The first kappa shape index (κ1) is 16.8. The number of aliphatic hydroxyl groups is 1. The Bertz CT molecular complexity index is 389. The van der Waals surface area contributed by atoms with E-state index in [1.54, 1.807) is 0 Å². The Morgan fingerprint density at radius 3 is 2.72 bits per heavy atom. The van der Waals surface area contributed by atoms with Crippen LogP contribution in [0.3, 0.4) is 0 Å². The maximum absolute atomic E-state index is 10.6. The first-order valence-corrected chi connectivity index (χ1v) is 5.38. The molecule has 0 bridgehead atoms. The van der Waals surface area contributed by atoms with E-state index in [1.807, 2.05) is 20.8 Å². The fourth-order valence-corrected chi connectivity index (χ4v) is 1.33. The van der Waals surface area contributed by atoms with E-state index < -0.39 is 11.0 Å². The number of aliphatic hydroxyl groups excluding tert-OH is 1. The number of hydrogen-bond acceptors (Lipinski definition) is 5. The molecule has 0 fully saturated rings. The second-order valence-electron chi connectivity index (χ2n) is 4.92. The van der Waals surface area contributed by atoms with Crippen molar-refractivity contribution in [2.45, 2.75) is 39.0 Å². The van der Waals surface area contributed by atoms with Crippen LogP contribution < -0.4 is 5.32 Å². The lowest BCUT2D eigenvalue weighted by atomic mass is 10.1. The van der Waals surface area contributed by atoms with Gasteiger partial charge in [0.15, 0.2) is 0 Å². The molecule has 0 aromatic carbocycles. The Hall–Kier alpha value is -1.18. The third-order valence-electron chi connectivity index (χ3n) is 2.13. The lowest BCUT2D eigenvalue weighted by Crippen LogP contribution is -2.42. The summed E-state index contributed by atoms with van der Waals surface area (Å²) in [6.45, 7) is 6.48. The van der Waals surface area contributed by atoms with Gasteiger partial charge in [0.1, 0.15) is 12.4 Å². The Labute approximate surface area is 112 Å². The molecule has 0 aliphatic heterocycles. The van der Waals surface area contributed by atoms with Crippen LogP contribution in [0, 0.1) is 10.1 Å². The van der Waals surface area contributed by atoms with E-state index in [0.29, 0.717) is 6.54 Å². The number of halogens is 1. The topological polar surface area (TPSA) is 93.2 Å². The van der Waals surface area contributed by atoms with Crippen LogP contribution in [0.4, 0.5) is 5.95 Å². The first-order chi connectivity index (χ1) is 7.79. The molecule has 1 aromatic rings. The molecule has 1 unspecified atom stereocenters. The lowest BCUT2D eigenvalue weighted by Gasteiger charge is -2.22. The van der Waals surface area contributed by atoms with E-state index in [1.165, 1.54) is 17.0 Å². The molecular formula is C10H19ClN4O3. The SMILES string of the molecule is CC(C)(C)NCC(O)Cn1ccnc1[N+](=O)[O-].Cl. The van der Waals surface area contributed by atoms with Crippen molar-refractivity contribution in [2.75, 3.05) is 6.54 Å². The van der Waals surface area contributed by atoms with Crippen molar-refractivity contribution >= 4 is 18.4 Å². The summed E-state index contributed by atoms with van der Waals surface area (Å²) in [5.41, 5.74) is -0.0954. The largest absolute Gasteiger partial charge is 0.434 e. The highest BCUT2D eigenvalue weighted by atomic mass is 35.5. The molecular weight excluding hydrogens is 260 g/mol. The van der Waals surface area contributed by atoms with Gasteiger partial charge in [0.05, 0.1) is 12.6 Å². The molecule has 1 rings (SSSR count). The van der Waals surface area contributed by atoms with Crippen LogP contribution in [0.15, 0.2) is 12.4 Å². The number of nitrogens with one attached hydrogen (secondary N) is 1. The average Bonchev–Trinajstić information content (AvgIpc) is 2.62. The molecule has 0 aliphatic carbocycles. The van der Waals surface area contributed by atoms with Crippen molar-refractivity contribution < 1.29 is 10.0 Å². The van der Waals surface area contributed by atoms with E-state index >= 15 is 0 Å². The minimum absolute atomic E-state index is 0. The maximum atomic E-state index is 10.6. The summed E-state index contributed by atoms with van der Waals surface area (Å²) in [6.07, 6.45) is 2.14. The number of nitro groups is 1. The second-order valence-corrected chi connectivity index (χ2v) is 4.92. The van der Waals surface area contributed by atoms with Crippen LogP contribution in [-0.4, -0.2) is 37.8 Å². The summed E-state index contributed by atoms with van der Waals surface area (Å²) < 4.78 is 1.33. The molecule has 8 heteroatoms. The van der Waals surface area contributed by atoms with Crippen LogP contribution in [-0.2, 0) is 6.54 Å². The molecule has 18 heavy (non-hydrogen) atoms. The Morgan fingerprint density at radius 1 is 1.61 bits per heavy atom. The van der Waals surface area contributed by atoms with Crippen LogP contribution in [0.1, 0.15) is 20.8 Å². The number of aromatic nitrogens is 2. The smallest absolute Gasteiger partial charge is 0.390 e. The lowest BCUT2D eigenvalue weighted by molar-refractivity contribution is -0.397. The van der Waals surface area contributed by atoms with Crippen molar-refractivity contribution in [1.29, 1.82) is 0 Å². The van der Waals surface area contributed by atoms with Gasteiger partial charge < -0.3 is 20.5 Å². The molecule has 104 valence electrons. The van der Waals surface area contributed by atoms with Gasteiger partial charge in [-0.05, 0) is 25.7 Å². The Balaban J connectivity index is 0.00000289. The van der Waals surface area contributed by atoms with Crippen LogP contribution in [0.25, 0.3) is 0 Å². The molecule has 0 saturated heterocycles. The predicted octanol–water partition coefficient (Wildman–Crippen LogP) is 0.962. The number of imidazole rings is 1. The standard InChI is InChI=1S/C10H18N4O3.ClH/c1-10(2,3)12-6-8(15)7-13-5-4-11-9(13)14(16)17;/h4-5,8,12,15H,6-7H2,1-3H3;1H. The molecule has 2 N–H and O–H groups in total. The van der Waals surface area contributed by atoms with Crippen LogP contribution >= 0.6 is 12.4 Å². The van der Waals surface area contributed by atoms with Gasteiger partial charge in [0, 0.05) is 12.1 Å². The summed E-state index contributed by atoms with van der Waals surface area (Å²) in [5.74, 6) is -0.250. The summed E-state index contributed by atoms with van der Waals surface area (Å²) in [6, 6.07) is 0. The third kappa shape index (κ3) is 5.44. The third-order valence-corrected chi connectivity index (χ3v) is 2.13. The van der Waals surface area contributed by atoms with Crippen molar-refractivity contribution in [3.05, 3.63) is 22.5 Å². The molecule has 1 atom stereocenters. The quantitative estimate of drug-likeness (QED) is 0.618.